The lowest BCUT2D eigenvalue weighted by atomic mass is 9.90. The maximum atomic E-state index is 5.45. The molecule has 0 aliphatic rings. The first kappa shape index (κ1) is 15.9. The molecule has 2 nitrogen and oxygen atoms in total. The predicted molar refractivity (Wildman–Crippen MR) is 71.9 cm³/mol. The maximum absolute atomic E-state index is 5.45. The Bertz CT molecular complexity index is 150. The van der Waals surface area contributed by atoms with Crippen molar-refractivity contribution >= 4 is 0 Å². The summed E-state index contributed by atoms with van der Waals surface area (Å²) in [5.74, 6) is 0.849. The summed E-state index contributed by atoms with van der Waals surface area (Å²) in [5.41, 5.74) is 0. The van der Waals surface area contributed by atoms with Crippen LogP contribution in [-0.4, -0.2) is 25.8 Å². The summed E-state index contributed by atoms with van der Waals surface area (Å²) in [5, 5.41) is 3.55. The molecule has 0 aliphatic heterocycles. The van der Waals surface area contributed by atoms with Crippen LogP contribution in [0.15, 0.2) is 0 Å². The van der Waals surface area contributed by atoms with Gasteiger partial charge in [-0.2, -0.15) is 0 Å². The van der Waals surface area contributed by atoms with E-state index in [9.17, 15) is 0 Å². The van der Waals surface area contributed by atoms with Crippen molar-refractivity contribution in [1.82, 2.24) is 5.32 Å². The maximum Gasteiger partial charge on any atom is 0.0696 e. The van der Waals surface area contributed by atoms with E-state index in [4.69, 9.17) is 4.74 Å². The van der Waals surface area contributed by atoms with Crippen molar-refractivity contribution in [2.45, 2.75) is 71.9 Å². The fourth-order valence-electron chi connectivity index (χ4n) is 2.21. The van der Waals surface area contributed by atoms with Crippen molar-refractivity contribution in [2.75, 3.05) is 13.7 Å². The number of methoxy groups -OCH3 is 1. The third kappa shape index (κ3) is 6.49. The van der Waals surface area contributed by atoms with E-state index >= 15 is 0 Å². The van der Waals surface area contributed by atoms with Crippen LogP contribution in [-0.2, 0) is 4.74 Å². The monoisotopic (exact) mass is 229 g/mol. The quantitative estimate of drug-likeness (QED) is 0.618. The van der Waals surface area contributed by atoms with Crippen LogP contribution in [0.5, 0.6) is 0 Å². The van der Waals surface area contributed by atoms with Crippen molar-refractivity contribution in [3.8, 4) is 0 Å². The standard InChI is InChI=1S/C14H31NO/c1-6-9-10-13(7-2)11-14(15-8-3)12(4)16-5/h12-15H,6-11H2,1-5H3. The highest BCUT2D eigenvalue weighted by atomic mass is 16.5. The van der Waals surface area contributed by atoms with Crippen LogP contribution in [0.2, 0.25) is 0 Å². The third-order valence-corrected chi connectivity index (χ3v) is 3.54. The Kier molecular flexibility index (Phi) is 10.0. The minimum atomic E-state index is 0.315. The zero-order chi connectivity index (χ0) is 12.4. The summed E-state index contributed by atoms with van der Waals surface area (Å²) >= 11 is 0. The topological polar surface area (TPSA) is 21.3 Å². The van der Waals surface area contributed by atoms with Gasteiger partial charge in [0.1, 0.15) is 0 Å². The van der Waals surface area contributed by atoms with Crippen LogP contribution < -0.4 is 5.32 Å². The Balaban J connectivity index is 4.11. The molecule has 0 aliphatic carbocycles. The number of unbranched alkanes of at least 4 members (excludes halogenated alkanes) is 1. The Morgan fingerprint density at radius 3 is 2.31 bits per heavy atom. The second-order valence-electron chi connectivity index (χ2n) is 4.76. The zero-order valence-corrected chi connectivity index (χ0v) is 11.9. The average Bonchev–Trinajstić information content (AvgIpc) is 2.32. The highest BCUT2D eigenvalue weighted by molar-refractivity contribution is 4.76. The fraction of sp³-hybridized carbons (Fsp3) is 1.00. The van der Waals surface area contributed by atoms with Crippen molar-refractivity contribution in [1.29, 1.82) is 0 Å². The van der Waals surface area contributed by atoms with Crippen LogP contribution in [0.4, 0.5) is 0 Å². The van der Waals surface area contributed by atoms with Gasteiger partial charge in [-0.3, -0.25) is 0 Å². The first-order chi connectivity index (χ1) is 7.69. The van der Waals surface area contributed by atoms with Crippen molar-refractivity contribution in [3.63, 3.8) is 0 Å². The second-order valence-corrected chi connectivity index (χ2v) is 4.76. The first-order valence-electron chi connectivity index (χ1n) is 6.95. The van der Waals surface area contributed by atoms with Gasteiger partial charge in [0, 0.05) is 13.2 Å². The molecule has 0 bridgehead atoms. The number of rotatable bonds is 10. The van der Waals surface area contributed by atoms with Gasteiger partial charge in [0.15, 0.2) is 0 Å². The molecule has 0 saturated carbocycles. The molecule has 0 rings (SSSR count). The molecule has 2 heteroatoms. The molecule has 16 heavy (non-hydrogen) atoms. The van der Waals surface area contributed by atoms with Gasteiger partial charge in [-0.15, -0.1) is 0 Å². The molecule has 0 radical (unpaired) electrons. The van der Waals surface area contributed by atoms with Gasteiger partial charge in [0.25, 0.3) is 0 Å². The summed E-state index contributed by atoms with van der Waals surface area (Å²) in [6, 6.07) is 0.511. The van der Waals surface area contributed by atoms with E-state index in [0.717, 1.165) is 12.5 Å². The number of likely N-dealkylation sites (N-methyl/N-ethyl adjacent to an activating group) is 1. The summed E-state index contributed by atoms with van der Waals surface area (Å²) in [6.45, 7) is 9.94. The van der Waals surface area contributed by atoms with Gasteiger partial charge in [-0.1, -0.05) is 46.5 Å². The molecule has 0 spiro atoms. The van der Waals surface area contributed by atoms with Gasteiger partial charge in [0.05, 0.1) is 6.10 Å². The number of hydrogen-bond acceptors (Lipinski definition) is 2. The van der Waals surface area contributed by atoms with Crippen LogP contribution >= 0.6 is 0 Å². The number of nitrogens with one attached hydrogen (secondary N) is 1. The highest BCUT2D eigenvalue weighted by Gasteiger charge is 2.19. The lowest BCUT2D eigenvalue weighted by Crippen LogP contribution is -2.40. The molecule has 0 fully saturated rings. The molecular formula is C14H31NO. The van der Waals surface area contributed by atoms with Gasteiger partial charge in [0.2, 0.25) is 0 Å². The molecule has 1 N–H and O–H groups in total. The third-order valence-electron chi connectivity index (χ3n) is 3.54. The molecule has 3 unspecified atom stereocenters. The van der Waals surface area contributed by atoms with Gasteiger partial charge in [-0.25, -0.2) is 0 Å². The van der Waals surface area contributed by atoms with Crippen molar-refractivity contribution in [2.24, 2.45) is 5.92 Å². The highest BCUT2D eigenvalue weighted by Crippen LogP contribution is 2.20. The van der Waals surface area contributed by atoms with Crippen LogP contribution in [0.1, 0.15) is 59.8 Å². The molecule has 3 atom stereocenters. The van der Waals surface area contributed by atoms with Gasteiger partial charge >= 0.3 is 0 Å². The lowest BCUT2D eigenvalue weighted by Gasteiger charge is -2.27. The average molecular weight is 229 g/mol. The first-order valence-corrected chi connectivity index (χ1v) is 6.95. The van der Waals surface area contributed by atoms with E-state index < -0.39 is 0 Å². The molecule has 0 heterocycles. The smallest absolute Gasteiger partial charge is 0.0696 e. The fourth-order valence-corrected chi connectivity index (χ4v) is 2.21. The molecular weight excluding hydrogens is 198 g/mol. The Hall–Kier alpha value is -0.0800. The van der Waals surface area contributed by atoms with Gasteiger partial charge < -0.3 is 10.1 Å². The number of ether oxygens (including phenoxy) is 1. The Morgan fingerprint density at radius 1 is 1.19 bits per heavy atom. The molecule has 0 amide bonds. The zero-order valence-electron chi connectivity index (χ0n) is 11.9. The summed E-state index contributed by atoms with van der Waals surface area (Å²) < 4.78 is 5.45. The summed E-state index contributed by atoms with van der Waals surface area (Å²) in [6.07, 6.45) is 6.89. The summed E-state index contributed by atoms with van der Waals surface area (Å²) in [4.78, 5) is 0. The largest absolute Gasteiger partial charge is 0.380 e. The van der Waals surface area contributed by atoms with Crippen molar-refractivity contribution < 1.29 is 4.74 Å². The SMILES string of the molecule is CCCCC(CC)CC(NCC)C(C)OC. The van der Waals surface area contributed by atoms with E-state index in [0.29, 0.717) is 12.1 Å². The van der Waals surface area contributed by atoms with Crippen LogP contribution in [0.3, 0.4) is 0 Å². The Morgan fingerprint density at radius 2 is 1.88 bits per heavy atom. The second kappa shape index (κ2) is 10.1. The molecule has 0 aromatic rings. The molecule has 0 aromatic carbocycles. The van der Waals surface area contributed by atoms with E-state index in [-0.39, 0.29) is 0 Å². The van der Waals surface area contributed by atoms with E-state index in [1.807, 2.05) is 7.11 Å². The normalized spacial score (nSPS) is 17.1. The minimum absolute atomic E-state index is 0.315. The van der Waals surface area contributed by atoms with E-state index in [1.165, 1.54) is 32.1 Å². The molecule has 0 saturated heterocycles. The molecule has 98 valence electrons. The van der Waals surface area contributed by atoms with E-state index in [2.05, 4.69) is 33.0 Å². The van der Waals surface area contributed by atoms with Crippen molar-refractivity contribution in [3.05, 3.63) is 0 Å². The lowest BCUT2D eigenvalue weighted by molar-refractivity contribution is 0.0733. The van der Waals surface area contributed by atoms with Crippen LogP contribution in [0, 0.1) is 5.92 Å². The predicted octanol–water partition coefficient (Wildman–Crippen LogP) is 3.61. The number of hydrogen-bond donors (Lipinski definition) is 1. The minimum Gasteiger partial charge on any atom is -0.380 e. The Labute approximate surface area is 102 Å². The van der Waals surface area contributed by atoms with Crippen LogP contribution in [0.25, 0.3) is 0 Å². The summed E-state index contributed by atoms with van der Waals surface area (Å²) in [7, 11) is 1.81. The molecule has 0 aromatic heterocycles. The van der Waals surface area contributed by atoms with Gasteiger partial charge in [-0.05, 0) is 25.8 Å². The van der Waals surface area contributed by atoms with E-state index in [1.54, 1.807) is 0 Å².